The van der Waals surface area contributed by atoms with Gasteiger partial charge >= 0.3 is 5.97 Å². The summed E-state index contributed by atoms with van der Waals surface area (Å²) in [5, 5.41) is 9.22. The van der Waals surface area contributed by atoms with Gasteiger partial charge in [0.2, 0.25) is 0 Å². The van der Waals surface area contributed by atoms with Crippen LogP contribution >= 0.6 is 11.3 Å². The minimum absolute atomic E-state index is 0.0472. The predicted octanol–water partition coefficient (Wildman–Crippen LogP) is 4.56. The second kappa shape index (κ2) is 6.42. The SMILES string of the molecule is CC(C)CCCOc1cc(C(C)(C)C)sc1C(=O)O. The van der Waals surface area contributed by atoms with Gasteiger partial charge in [0, 0.05) is 4.88 Å². The maximum atomic E-state index is 11.2. The highest BCUT2D eigenvalue weighted by atomic mass is 32.1. The van der Waals surface area contributed by atoms with Crippen LogP contribution < -0.4 is 4.74 Å². The second-order valence-electron chi connectivity index (χ2n) is 6.24. The maximum Gasteiger partial charge on any atom is 0.349 e. The Labute approximate surface area is 119 Å². The van der Waals surface area contributed by atoms with Gasteiger partial charge in [-0.2, -0.15) is 0 Å². The van der Waals surface area contributed by atoms with Crippen LogP contribution in [0.1, 0.15) is 62.0 Å². The minimum Gasteiger partial charge on any atom is -0.492 e. The highest BCUT2D eigenvalue weighted by Crippen LogP contribution is 2.36. The number of ether oxygens (including phenoxy) is 1. The minimum atomic E-state index is -0.903. The van der Waals surface area contributed by atoms with Crippen LogP contribution in [0.3, 0.4) is 0 Å². The van der Waals surface area contributed by atoms with Gasteiger partial charge in [0.25, 0.3) is 0 Å². The van der Waals surface area contributed by atoms with Crippen LogP contribution in [0.5, 0.6) is 5.75 Å². The topological polar surface area (TPSA) is 46.5 Å². The maximum absolute atomic E-state index is 11.2. The monoisotopic (exact) mass is 284 g/mol. The molecule has 0 aliphatic carbocycles. The molecule has 0 aliphatic heterocycles. The highest BCUT2D eigenvalue weighted by molar-refractivity contribution is 7.14. The average Bonchev–Trinajstić information content (AvgIpc) is 2.67. The molecule has 19 heavy (non-hydrogen) atoms. The van der Waals surface area contributed by atoms with Gasteiger partial charge in [0.15, 0.2) is 4.88 Å². The van der Waals surface area contributed by atoms with Crippen molar-refractivity contribution in [1.29, 1.82) is 0 Å². The average molecular weight is 284 g/mol. The lowest BCUT2D eigenvalue weighted by Gasteiger charge is -2.15. The quantitative estimate of drug-likeness (QED) is 0.779. The lowest BCUT2D eigenvalue weighted by atomic mass is 9.95. The number of carboxylic acids is 1. The van der Waals surface area contributed by atoms with E-state index in [0.29, 0.717) is 23.2 Å². The number of carboxylic acid groups (broad SMARTS) is 1. The fourth-order valence-corrected chi connectivity index (χ4v) is 2.67. The molecule has 0 spiro atoms. The summed E-state index contributed by atoms with van der Waals surface area (Å²) in [5.74, 6) is 0.265. The fraction of sp³-hybridized carbons (Fsp3) is 0.667. The van der Waals surface area contributed by atoms with E-state index in [4.69, 9.17) is 4.74 Å². The molecule has 1 N–H and O–H groups in total. The summed E-state index contributed by atoms with van der Waals surface area (Å²) in [4.78, 5) is 12.6. The van der Waals surface area contributed by atoms with E-state index < -0.39 is 5.97 Å². The number of rotatable bonds is 6. The fourth-order valence-electron chi connectivity index (χ4n) is 1.67. The molecule has 0 atom stereocenters. The molecule has 0 fully saturated rings. The van der Waals surface area contributed by atoms with Crippen LogP contribution in [0.25, 0.3) is 0 Å². The Kier molecular flexibility index (Phi) is 5.41. The lowest BCUT2D eigenvalue weighted by Crippen LogP contribution is -2.08. The molecule has 0 amide bonds. The summed E-state index contributed by atoms with van der Waals surface area (Å²) < 4.78 is 5.65. The molecule has 0 saturated carbocycles. The zero-order chi connectivity index (χ0) is 14.6. The number of hydrogen-bond acceptors (Lipinski definition) is 3. The van der Waals surface area contributed by atoms with Crippen LogP contribution in [-0.2, 0) is 5.41 Å². The predicted molar refractivity (Wildman–Crippen MR) is 79.5 cm³/mol. The first kappa shape index (κ1) is 16.0. The molecule has 4 heteroatoms. The van der Waals surface area contributed by atoms with E-state index in [1.165, 1.54) is 11.3 Å². The Balaban J connectivity index is 2.76. The van der Waals surface area contributed by atoms with Gasteiger partial charge in [-0.25, -0.2) is 4.79 Å². The third kappa shape index (κ3) is 4.86. The third-order valence-corrected chi connectivity index (χ3v) is 4.34. The molecule has 0 radical (unpaired) electrons. The van der Waals surface area contributed by atoms with E-state index in [9.17, 15) is 9.90 Å². The Bertz CT molecular complexity index is 427. The number of aromatic carboxylic acids is 1. The normalized spacial score (nSPS) is 11.9. The molecule has 108 valence electrons. The van der Waals surface area contributed by atoms with Crippen molar-refractivity contribution < 1.29 is 14.6 Å². The molecule has 0 bridgehead atoms. The Morgan fingerprint density at radius 2 is 2.05 bits per heavy atom. The van der Waals surface area contributed by atoms with Gasteiger partial charge in [-0.05, 0) is 30.2 Å². The standard InChI is InChI=1S/C15H24O3S/c1-10(2)7-6-8-18-11-9-12(15(3,4)5)19-13(11)14(16)17/h9-10H,6-8H2,1-5H3,(H,16,17). The number of carbonyl (C=O) groups is 1. The molecule has 1 aromatic rings. The van der Waals surface area contributed by atoms with E-state index in [-0.39, 0.29) is 5.41 Å². The first-order chi connectivity index (χ1) is 8.71. The van der Waals surface area contributed by atoms with Crippen LogP contribution in [-0.4, -0.2) is 17.7 Å². The Morgan fingerprint density at radius 1 is 1.42 bits per heavy atom. The summed E-state index contributed by atoms with van der Waals surface area (Å²) in [7, 11) is 0. The van der Waals surface area contributed by atoms with E-state index in [1.54, 1.807) is 0 Å². The van der Waals surface area contributed by atoms with Crippen LogP contribution in [0, 0.1) is 5.92 Å². The first-order valence-electron chi connectivity index (χ1n) is 6.72. The Morgan fingerprint density at radius 3 is 2.53 bits per heavy atom. The summed E-state index contributed by atoms with van der Waals surface area (Å²) in [6.45, 7) is 11.2. The molecule has 0 saturated heterocycles. The Hall–Kier alpha value is -1.03. The molecule has 1 rings (SSSR count). The van der Waals surface area contributed by atoms with Crippen molar-refractivity contribution in [3.63, 3.8) is 0 Å². The number of hydrogen-bond donors (Lipinski definition) is 1. The highest BCUT2D eigenvalue weighted by Gasteiger charge is 2.23. The largest absolute Gasteiger partial charge is 0.492 e. The summed E-state index contributed by atoms with van der Waals surface area (Å²) in [5.41, 5.74) is -0.0472. The van der Waals surface area contributed by atoms with Crippen LogP contribution in [0.2, 0.25) is 0 Å². The lowest BCUT2D eigenvalue weighted by molar-refractivity contribution is 0.0698. The van der Waals surface area contributed by atoms with Gasteiger partial charge in [-0.1, -0.05) is 34.6 Å². The van der Waals surface area contributed by atoms with Gasteiger partial charge < -0.3 is 9.84 Å². The zero-order valence-corrected chi connectivity index (χ0v) is 13.3. The molecule has 1 heterocycles. The number of thiophene rings is 1. The zero-order valence-electron chi connectivity index (χ0n) is 12.4. The summed E-state index contributed by atoms with van der Waals surface area (Å²) in [6, 6.07) is 1.88. The van der Waals surface area contributed by atoms with Crippen LogP contribution in [0.4, 0.5) is 0 Å². The molecule has 1 aromatic heterocycles. The van der Waals surface area contributed by atoms with Crippen molar-refractivity contribution in [2.75, 3.05) is 6.61 Å². The molecule has 0 unspecified atom stereocenters. The molecule has 0 aliphatic rings. The van der Waals surface area contributed by atoms with E-state index >= 15 is 0 Å². The molecular weight excluding hydrogens is 260 g/mol. The molecule has 3 nitrogen and oxygen atoms in total. The van der Waals surface area contributed by atoms with Crippen molar-refractivity contribution in [1.82, 2.24) is 0 Å². The van der Waals surface area contributed by atoms with Crippen molar-refractivity contribution in [2.45, 2.75) is 52.9 Å². The molecular formula is C15H24O3S. The summed E-state index contributed by atoms with van der Waals surface area (Å²) in [6.07, 6.45) is 2.05. The molecule has 0 aromatic carbocycles. The van der Waals surface area contributed by atoms with Crippen molar-refractivity contribution in [3.05, 3.63) is 15.8 Å². The van der Waals surface area contributed by atoms with E-state index in [2.05, 4.69) is 34.6 Å². The smallest absolute Gasteiger partial charge is 0.349 e. The third-order valence-electron chi connectivity index (χ3n) is 2.81. The van der Waals surface area contributed by atoms with Crippen LogP contribution in [0.15, 0.2) is 6.07 Å². The first-order valence-corrected chi connectivity index (χ1v) is 7.54. The van der Waals surface area contributed by atoms with Crippen molar-refractivity contribution in [3.8, 4) is 5.75 Å². The van der Waals surface area contributed by atoms with Gasteiger partial charge in [0.1, 0.15) is 5.75 Å². The van der Waals surface area contributed by atoms with Crippen molar-refractivity contribution >= 4 is 17.3 Å². The van der Waals surface area contributed by atoms with Gasteiger partial charge in [-0.3, -0.25) is 0 Å². The van der Waals surface area contributed by atoms with Gasteiger partial charge in [0.05, 0.1) is 6.61 Å². The van der Waals surface area contributed by atoms with Crippen molar-refractivity contribution in [2.24, 2.45) is 5.92 Å². The van der Waals surface area contributed by atoms with Gasteiger partial charge in [-0.15, -0.1) is 11.3 Å². The van der Waals surface area contributed by atoms with E-state index in [1.807, 2.05) is 6.07 Å². The van der Waals surface area contributed by atoms with E-state index in [0.717, 1.165) is 17.7 Å². The summed E-state index contributed by atoms with van der Waals surface area (Å²) >= 11 is 1.31. The second-order valence-corrected chi connectivity index (χ2v) is 7.30.